The van der Waals surface area contributed by atoms with Crippen LogP contribution in [0, 0.1) is 10.1 Å². The van der Waals surface area contributed by atoms with Crippen molar-refractivity contribution in [3.63, 3.8) is 0 Å². The van der Waals surface area contributed by atoms with Gasteiger partial charge < -0.3 is 10.4 Å². The molecule has 1 aliphatic heterocycles. The predicted molar refractivity (Wildman–Crippen MR) is 68.4 cm³/mol. The molecule has 1 saturated heterocycles. The van der Waals surface area contributed by atoms with E-state index >= 15 is 0 Å². The Morgan fingerprint density at radius 2 is 2.16 bits per heavy atom. The molecule has 8 heteroatoms. The zero-order chi connectivity index (χ0) is 14.0. The number of aliphatic hydroxyl groups excluding tert-OH is 1. The zero-order valence-corrected chi connectivity index (χ0v) is 10.8. The van der Waals surface area contributed by atoms with Crippen molar-refractivity contribution in [1.29, 1.82) is 0 Å². The second-order valence-corrected chi connectivity index (χ2v) is 6.71. The number of benzene rings is 1. The second kappa shape index (κ2) is 5.24. The van der Waals surface area contributed by atoms with Crippen molar-refractivity contribution in [2.75, 3.05) is 11.5 Å². The third-order valence-corrected chi connectivity index (χ3v) is 4.73. The molecule has 0 amide bonds. The third-order valence-electron chi connectivity index (χ3n) is 3.01. The van der Waals surface area contributed by atoms with Gasteiger partial charge in [0.25, 0.3) is 5.69 Å². The SMILES string of the molecule is O=[N+]([O-])c1cccc(CNC2CS(=O)(=O)CC2O)c1. The van der Waals surface area contributed by atoms with E-state index in [0.717, 1.165) is 0 Å². The Kier molecular flexibility index (Phi) is 3.83. The van der Waals surface area contributed by atoms with E-state index in [1.54, 1.807) is 12.1 Å². The minimum atomic E-state index is -3.19. The number of nitrogens with zero attached hydrogens (tertiary/aromatic N) is 1. The first-order valence-electron chi connectivity index (χ1n) is 5.72. The molecule has 19 heavy (non-hydrogen) atoms. The Morgan fingerprint density at radius 1 is 1.42 bits per heavy atom. The van der Waals surface area contributed by atoms with Gasteiger partial charge >= 0.3 is 0 Å². The van der Waals surface area contributed by atoms with E-state index in [9.17, 15) is 23.6 Å². The summed E-state index contributed by atoms with van der Waals surface area (Å²) in [5.74, 6) is -0.345. The summed E-state index contributed by atoms with van der Waals surface area (Å²) in [6.07, 6.45) is -0.927. The van der Waals surface area contributed by atoms with Crippen LogP contribution in [0.5, 0.6) is 0 Å². The molecule has 0 aromatic heterocycles. The molecular weight excluding hydrogens is 272 g/mol. The van der Waals surface area contributed by atoms with Crippen LogP contribution >= 0.6 is 0 Å². The molecule has 0 radical (unpaired) electrons. The maximum Gasteiger partial charge on any atom is 0.269 e. The third kappa shape index (κ3) is 3.49. The molecule has 1 fully saturated rings. The number of nitro benzene ring substituents is 1. The highest BCUT2D eigenvalue weighted by Crippen LogP contribution is 2.15. The van der Waals surface area contributed by atoms with Crippen molar-refractivity contribution in [2.45, 2.75) is 18.7 Å². The molecule has 1 aliphatic rings. The Hall–Kier alpha value is -1.51. The van der Waals surface area contributed by atoms with Gasteiger partial charge in [-0.25, -0.2) is 8.42 Å². The van der Waals surface area contributed by atoms with Crippen LogP contribution < -0.4 is 5.32 Å². The minimum absolute atomic E-state index is 0.0149. The van der Waals surface area contributed by atoms with Gasteiger partial charge in [0.05, 0.1) is 22.5 Å². The standard InChI is InChI=1S/C11H14N2O5S/c14-11-7-19(17,18)6-10(11)12-5-8-2-1-3-9(4-8)13(15)16/h1-4,10-12,14H,5-7H2. The van der Waals surface area contributed by atoms with Crippen LogP contribution in [0.3, 0.4) is 0 Å². The van der Waals surface area contributed by atoms with Crippen LogP contribution in [-0.2, 0) is 16.4 Å². The number of nitro groups is 1. The largest absolute Gasteiger partial charge is 0.390 e. The summed E-state index contributed by atoms with van der Waals surface area (Å²) in [4.78, 5) is 10.1. The highest BCUT2D eigenvalue weighted by molar-refractivity contribution is 7.91. The van der Waals surface area contributed by atoms with Crippen LogP contribution in [0.2, 0.25) is 0 Å². The quantitative estimate of drug-likeness (QED) is 0.588. The van der Waals surface area contributed by atoms with Crippen LogP contribution in [0.4, 0.5) is 5.69 Å². The maximum absolute atomic E-state index is 11.3. The van der Waals surface area contributed by atoms with E-state index in [2.05, 4.69) is 5.32 Å². The Balaban J connectivity index is 2.00. The average Bonchev–Trinajstić information content (AvgIpc) is 2.60. The first kappa shape index (κ1) is 13.9. The summed E-state index contributed by atoms with van der Waals surface area (Å²) < 4.78 is 22.6. The van der Waals surface area contributed by atoms with Crippen LogP contribution in [-0.4, -0.2) is 42.1 Å². The van der Waals surface area contributed by atoms with E-state index in [1.807, 2.05) is 0 Å². The molecule has 1 heterocycles. The number of hydrogen-bond donors (Lipinski definition) is 2. The maximum atomic E-state index is 11.3. The molecule has 0 saturated carbocycles. The first-order chi connectivity index (χ1) is 8.87. The molecule has 0 bridgehead atoms. The van der Waals surface area contributed by atoms with Crippen LogP contribution in [0.1, 0.15) is 5.56 Å². The highest BCUT2D eigenvalue weighted by Gasteiger charge is 2.35. The van der Waals surface area contributed by atoms with E-state index in [0.29, 0.717) is 5.56 Å². The molecule has 2 rings (SSSR count). The smallest absolute Gasteiger partial charge is 0.269 e. The van der Waals surface area contributed by atoms with Crippen molar-refractivity contribution in [3.8, 4) is 0 Å². The lowest BCUT2D eigenvalue weighted by Gasteiger charge is -2.14. The van der Waals surface area contributed by atoms with Gasteiger partial charge in [-0.2, -0.15) is 0 Å². The lowest BCUT2D eigenvalue weighted by atomic mass is 10.1. The number of sulfone groups is 1. The molecular formula is C11H14N2O5S. The van der Waals surface area contributed by atoms with Gasteiger partial charge in [0.1, 0.15) is 0 Å². The topological polar surface area (TPSA) is 110 Å². The summed E-state index contributed by atoms with van der Waals surface area (Å²) in [7, 11) is -3.19. The predicted octanol–water partition coefficient (Wildman–Crippen LogP) is -0.158. The minimum Gasteiger partial charge on any atom is -0.390 e. The van der Waals surface area contributed by atoms with Crippen molar-refractivity contribution >= 4 is 15.5 Å². The first-order valence-corrected chi connectivity index (χ1v) is 7.55. The monoisotopic (exact) mass is 286 g/mol. The molecule has 104 valence electrons. The van der Waals surface area contributed by atoms with Gasteiger partial charge in [0, 0.05) is 24.7 Å². The molecule has 7 nitrogen and oxygen atoms in total. The molecule has 1 aromatic carbocycles. The van der Waals surface area contributed by atoms with Crippen molar-refractivity contribution in [2.24, 2.45) is 0 Å². The van der Waals surface area contributed by atoms with Crippen molar-refractivity contribution in [3.05, 3.63) is 39.9 Å². The molecule has 2 unspecified atom stereocenters. The summed E-state index contributed by atoms with van der Waals surface area (Å²) in [5, 5.41) is 23.1. The lowest BCUT2D eigenvalue weighted by Crippen LogP contribution is -2.38. The summed E-state index contributed by atoms with van der Waals surface area (Å²) in [6, 6.07) is 5.55. The summed E-state index contributed by atoms with van der Waals surface area (Å²) >= 11 is 0. The number of nitrogens with one attached hydrogen (secondary N) is 1. The normalized spacial score (nSPS) is 25.3. The van der Waals surface area contributed by atoms with Crippen molar-refractivity contribution < 1.29 is 18.4 Å². The van der Waals surface area contributed by atoms with E-state index < -0.39 is 26.9 Å². The average molecular weight is 286 g/mol. The zero-order valence-electron chi connectivity index (χ0n) is 10.0. The summed E-state index contributed by atoms with van der Waals surface area (Å²) in [6.45, 7) is 0.277. The fourth-order valence-electron chi connectivity index (χ4n) is 2.05. The fourth-order valence-corrected chi connectivity index (χ4v) is 3.83. The van der Waals surface area contributed by atoms with Crippen LogP contribution in [0.25, 0.3) is 0 Å². The number of aliphatic hydroxyl groups is 1. The highest BCUT2D eigenvalue weighted by atomic mass is 32.2. The summed E-state index contributed by atoms with van der Waals surface area (Å²) in [5.41, 5.74) is 0.657. The van der Waals surface area contributed by atoms with Gasteiger partial charge in [-0.05, 0) is 5.56 Å². The van der Waals surface area contributed by atoms with E-state index in [4.69, 9.17) is 0 Å². The molecule has 0 spiro atoms. The number of hydrogen-bond acceptors (Lipinski definition) is 6. The Morgan fingerprint density at radius 3 is 2.74 bits per heavy atom. The van der Waals surface area contributed by atoms with Gasteiger partial charge in [-0.15, -0.1) is 0 Å². The number of rotatable bonds is 4. The fraction of sp³-hybridized carbons (Fsp3) is 0.455. The van der Waals surface area contributed by atoms with Crippen LogP contribution in [0.15, 0.2) is 24.3 Å². The van der Waals surface area contributed by atoms with Gasteiger partial charge in [0.2, 0.25) is 0 Å². The van der Waals surface area contributed by atoms with Gasteiger partial charge in [0.15, 0.2) is 9.84 Å². The molecule has 2 N–H and O–H groups in total. The lowest BCUT2D eigenvalue weighted by molar-refractivity contribution is -0.384. The second-order valence-electron chi connectivity index (χ2n) is 4.56. The molecule has 2 atom stereocenters. The van der Waals surface area contributed by atoms with Gasteiger partial charge in [-0.3, -0.25) is 10.1 Å². The Bertz CT molecular complexity index is 587. The molecule has 0 aliphatic carbocycles. The van der Waals surface area contributed by atoms with E-state index in [1.165, 1.54) is 12.1 Å². The van der Waals surface area contributed by atoms with Gasteiger partial charge in [-0.1, -0.05) is 12.1 Å². The molecule has 1 aromatic rings. The van der Waals surface area contributed by atoms with E-state index in [-0.39, 0.29) is 23.7 Å². The Labute approximate surface area is 110 Å². The van der Waals surface area contributed by atoms with Crippen molar-refractivity contribution in [1.82, 2.24) is 5.32 Å². The number of non-ortho nitro benzene ring substituents is 1.